The molecule has 0 bridgehead atoms. The van der Waals surface area contributed by atoms with Crippen LogP contribution in [-0.4, -0.2) is 17.0 Å². The van der Waals surface area contributed by atoms with Crippen molar-refractivity contribution in [1.29, 1.82) is 0 Å². The minimum Gasteiger partial charge on any atom is -0.481 e. The molecule has 0 saturated carbocycles. The molecule has 0 fully saturated rings. The van der Waals surface area contributed by atoms with Crippen molar-refractivity contribution in [3.63, 3.8) is 0 Å². The number of amides is 1. The Morgan fingerprint density at radius 2 is 2.05 bits per heavy atom. The van der Waals surface area contributed by atoms with Gasteiger partial charge in [0.25, 0.3) is 5.91 Å². The number of ether oxygens (including phenoxy) is 1. The molecule has 1 aromatic carbocycles. The van der Waals surface area contributed by atoms with Gasteiger partial charge in [0, 0.05) is 24.0 Å². The van der Waals surface area contributed by atoms with E-state index in [1.165, 1.54) is 0 Å². The van der Waals surface area contributed by atoms with Crippen molar-refractivity contribution in [2.24, 2.45) is 0 Å². The highest BCUT2D eigenvalue weighted by atomic mass is 35.5. The summed E-state index contributed by atoms with van der Waals surface area (Å²) in [5.74, 6) is 0.470. The molecule has 0 aliphatic carbocycles. The molecule has 116 valence electrons. The van der Waals surface area contributed by atoms with Crippen LogP contribution in [0.15, 0.2) is 36.7 Å². The van der Waals surface area contributed by atoms with Crippen molar-refractivity contribution in [2.45, 2.75) is 33.4 Å². The summed E-state index contributed by atoms with van der Waals surface area (Å²) in [5.41, 5.74) is 2.81. The van der Waals surface area contributed by atoms with Crippen LogP contribution >= 0.6 is 11.6 Å². The zero-order valence-corrected chi connectivity index (χ0v) is 13.6. The summed E-state index contributed by atoms with van der Waals surface area (Å²) in [5, 5.41) is 3.55. The Bertz CT molecular complexity index is 636. The Hall–Kier alpha value is -2.07. The summed E-state index contributed by atoms with van der Waals surface area (Å²) in [6.45, 7) is 5.97. The van der Waals surface area contributed by atoms with Crippen LogP contribution < -0.4 is 10.1 Å². The smallest absolute Gasteiger partial charge is 0.261 e. The second-order valence-corrected chi connectivity index (χ2v) is 5.59. The predicted molar refractivity (Wildman–Crippen MR) is 87.1 cm³/mol. The Kier molecular flexibility index (Phi) is 5.39. The predicted octanol–water partition coefficient (Wildman–Crippen LogP) is 3.44. The van der Waals surface area contributed by atoms with Crippen molar-refractivity contribution in [3.05, 3.63) is 58.4 Å². The van der Waals surface area contributed by atoms with Gasteiger partial charge in [0.1, 0.15) is 5.75 Å². The lowest BCUT2D eigenvalue weighted by atomic mass is 10.1. The van der Waals surface area contributed by atoms with Gasteiger partial charge in [0.2, 0.25) is 0 Å². The van der Waals surface area contributed by atoms with Gasteiger partial charge >= 0.3 is 0 Å². The number of carbonyl (C=O) groups is 1. The Labute approximate surface area is 135 Å². The van der Waals surface area contributed by atoms with Crippen LogP contribution in [0.3, 0.4) is 0 Å². The number of benzene rings is 1. The number of carbonyl (C=O) groups excluding carboxylic acids is 1. The fourth-order valence-electron chi connectivity index (χ4n) is 2.07. The fraction of sp³-hybridized carbons (Fsp3) is 0.294. The molecule has 22 heavy (non-hydrogen) atoms. The Morgan fingerprint density at radius 1 is 1.36 bits per heavy atom. The Balaban J connectivity index is 1.94. The maximum Gasteiger partial charge on any atom is 0.261 e. The van der Waals surface area contributed by atoms with Gasteiger partial charge in [-0.05, 0) is 55.7 Å². The maximum atomic E-state index is 12.1. The highest BCUT2D eigenvalue weighted by Crippen LogP contribution is 2.26. The van der Waals surface area contributed by atoms with Crippen LogP contribution in [-0.2, 0) is 11.3 Å². The van der Waals surface area contributed by atoms with E-state index in [0.29, 0.717) is 12.3 Å². The lowest BCUT2D eigenvalue weighted by Gasteiger charge is -2.16. The van der Waals surface area contributed by atoms with Gasteiger partial charge < -0.3 is 10.1 Å². The van der Waals surface area contributed by atoms with Gasteiger partial charge in [-0.15, -0.1) is 0 Å². The molecule has 1 N–H and O–H groups in total. The molecule has 1 heterocycles. The van der Waals surface area contributed by atoms with E-state index in [0.717, 1.165) is 21.7 Å². The van der Waals surface area contributed by atoms with Crippen molar-refractivity contribution < 1.29 is 9.53 Å². The number of nitrogens with zero attached hydrogens (tertiary/aromatic N) is 1. The maximum absolute atomic E-state index is 12.1. The first-order valence-corrected chi connectivity index (χ1v) is 7.45. The van der Waals surface area contributed by atoms with E-state index >= 15 is 0 Å². The second kappa shape index (κ2) is 7.27. The van der Waals surface area contributed by atoms with E-state index in [2.05, 4.69) is 10.3 Å². The molecule has 1 amide bonds. The van der Waals surface area contributed by atoms with E-state index in [4.69, 9.17) is 16.3 Å². The molecule has 0 aliphatic rings. The summed E-state index contributed by atoms with van der Waals surface area (Å²) in [7, 11) is 0. The molecule has 0 aliphatic heterocycles. The molecular weight excluding hydrogens is 300 g/mol. The molecule has 0 radical (unpaired) electrons. The minimum atomic E-state index is -0.586. The highest BCUT2D eigenvalue weighted by molar-refractivity contribution is 6.32. The van der Waals surface area contributed by atoms with Crippen LogP contribution in [0.5, 0.6) is 5.75 Å². The summed E-state index contributed by atoms with van der Waals surface area (Å²) < 4.78 is 5.69. The number of hydrogen-bond donors (Lipinski definition) is 1. The van der Waals surface area contributed by atoms with E-state index < -0.39 is 6.10 Å². The third-order valence-electron chi connectivity index (χ3n) is 3.28. The molecule has 0 saturated heterocycles. The van der Waals surface area contributed by atoms with Gasteiger partial charge in [-0.3, -0.25) is 9.78 Å². The summed E-state index contributed by atoms with van der Waals surface area (Å²) in [4.78, 5) is 16.1. The summed E-state index contributed by atoms with van der Waals surface area (Å²) in [6.07, 6.45) is 2.83. The van der Waals surface area contributed by atoms with Gasteiger partial charge in [-0.1, -0.05) is 17.7 Å². The topological polar surface area (TPSA) is 51.2 Å². The average Bonchev–Trinajstić information content (AvgIpc) is 2.51. The number of aromatic nitrogens is 1. The zero-order chi connectivity index (χ0) is 16.1. The molecule has 0 spiro atoms. The number of rotatable bonds is 5. The monoisotopic (exact) mass is 318 g/mol. The van der Waals surface area contributed by atoms with Gasteiger partial charge in [-0.2, -0.15) is 0 Å². The first-order valence-electron chi connectivity index (χ1n) is 7.07. The average molecular weight is 319 g/mol. The van der Waals surface area contributed by atoms with E-state index in [1.807, 2.05) is 38.1 Å². The molecular formula is C17H19ClN2O2. The lowest BCUT2D eigenvalue weighted by Crippen LogP contribution is -2.35. The van der Waals surface area contributed by atoms with E-state index in [1.54, 1.807) is 19.3 Å². The molecule has 2 aromatic rings. The number of nitrogens with one attached hydrogen (secondary N) is 1. The largest absolute Gasteiger partial charge is 0.481 e. The van der Waals surface area contributed by atoms with Crippen molar-refractivity contribution in [3.8, 4) is 5.75 Å². The molecule has 1 atom stereocenters. The first-order chi connectivity index (χ1) is 10.5. The quantitative estimate of drug-likeness (QED) is 0.918. The number of pyridine rings is 1. The zero-order valence-electron chi connectivity index (χ0n) is 12.9. The van der Waals surface area contributed by atoms with Gasteiger partial charge in [0.15, 0.2) is 6.10 Å². The highest BCUT2D eigenvalue weighted by Gasteiger charge is 2.15. The summed E-state index contributed by atoms with van der Waals surface area (Å²) >= 11 is 6.13. The van der Waals surface area contributed by atoms with Crippen LogP contribution in [0.2, 0.25) is 5.02 Å². The first kappa shape index (κ1) is 16.3. The standard InChI is InChI=1S/C17H19ClN2O2/c1-11-7-15(8-12(2)16(11)18)22-13(3)17(21)20-10-14-5-4-6-19-9-14/h4-9,13H,10H2,1-3H3,(H,20,21)/t13-/m1/s1. The number of aryl methyl sites for hydroxylation is 2. The second-order valence-electron chi connectivity index (χ2n) is 5.21. The van der Waals surface area contributed by atoms with Crippen LogP contribution in [0.25, 0.3) is 0 Å². The fourth-order valence-corrected chi connectivity index (χ4v) is 2.18. The summed E-state index contributed by atoms with van der Waals surface area (Å²) in [6, 6.07) is 7.41. The van der Waals surface area contributed by atoms with Gasteiger partial charge in [0.05, 0.1) is 0 Å². The number of hydrogen-bond acceptors (Lipinski definition) is 3. The molecule has 0 unspecified atom stereocenters. The van der Waals surface area contributed by atoms with E-state index in [-0.39, 0.29) is 5.91 Å². The molecule has 2 rings (SSSR count). The third-order valence-corrected chi connectivity index (χ3v) is 3.88. The van der Waals surface area contributed by atoms with Crippen molar-refractivity contribution >= 4 is 17.5 Å². The normalized spacial score (nSPS) is 11.8. The lowest BCUT2D eigenvalue weighted by molar-refractivity contribution is -0.127. The molecule has 4 nitrogen and oxygen atoms in total. The SMILES string of the molecule is Cc1cc(O[C@H](C)C(=O)NCc2cccnc2)cc(C)c1Cl. The van der Waals surface area contributed by atoms with Crippen molar-refractivity contribution in [1.82, 2.24) is 10.3 Å². The Morgan fingerprint density at radius 3 is 2.64 bits per heavy atom. The number of halogens is 1. The third kappa shape index (κ3) is 4.21. The van der Waals surface area contributed by atoms with Crippen LogP contribution in [0, 0.1) is 13.8 Å². The molecule has 1 aromatic heterocycles. The van der Waals surface area contributed by atoms with E-state index in [9.17, 15) is 4.79 Å². The molecule has 5 heteroatoms. The van der Waals surface area contributed by atoms with Crippen LogP contribution in [0.4, 0.5) is 0 Å². The van der Waals surface area contributed by atoms with Crippen molar-refractivity contribution in [2.75, 3.05) is 0 Å². The minimum absolute atomic E-state index is 0.172. The van der Waals surface area contributed by atoms with Crippen LogP contribution in [0.1, 0.15) is 23.6 Å². The van der Waals surface area contributed by atoms with Gasteiger partial charge in [-0.25, -0.2) is 0 Å².